The van der Waals surface area contributed by atoms with E-state index in [0.717, 1.165) is 12.8 Å². The highest BCUT2D eigenvalue weighted by Crippen LogP contribution is 2.09. The molecule has 0 radical (unpaired) electrons. The lowest BCUT2D eigenvalue weighted by molar-refractivity contribution is -0.142. The lowest BCUT2D eigenvalue weighted by Crippen LogP contribution is -2.15. The van der Waals surface area contributed by atoms with Gasteiger partial charge in [-0.05, 0) is 32.3 Å². The van der Waals surface area contributed by atoms with Crippen molar-refractivity contribution >= 4 is 5.97 Å². The summed E-state index contributed by atoms with van der Waals surface area (Å²) in [7, 11) is 0. The molecule has 0 bridgehead atoms. The number of carbonyl (C=O) groups is 1. The van der Waals surface area contributed by atoms with E-state index in [0.29, 0.717) is 6.42 Å². The highest BCUT2D eigenvalue weighted by atomic mass is 16.5. The van der Waals surface area contributed by atoms with Crippen molar-refractivity contribution in [3.63, 3.8) is 0 Å². The summed E-state index contributed by atoms with van der Waals surface area (Å²) in [4.78, 5) is 11.2. The number of aliphatic hydroxyl groups excluding tert-OH is 2. The Hall–Kier alpha value is -1.13. The molecule has 4 heteroatoms. The van der Waals surface area contributed by atoms with Crippen LogP contribution in [-0.4, -0.2) is 34.5 Å². The van der Waals surface area contributed by atoms with Gasteiger partial charge in [-0.1, -0.05) is 12.2 Å². The van der Waals surface area contributed by atoms with Crippen LogP contribution in [0.2, 0.25) is 0 Å². The van der Waals surface area contributed by atoms with Gasteiger partial charge in [0, 0.05) is 6.08 Å². The van der Waals surface area contributed by atoms with Crippen LogP contribution in [0.25, 0.3) is 0 Å². The molecule has 1 aliphatic rings. The Morgan fingerprint density at radius 2 is 2.00 bits per heavy atom. The monoisotopic (exact) mass is 226 g/mol. The molecule has 0 aliphatic carbocycles. The second kappa shape index (κ2) is 6.45. The second-order valence-electron chi connectivity index (χ2n) is 3.98. The molecule has 3 atom stereocenters. The molecule has 0 amide bonds. The molecule has 2 N–H and O–H groups in total. The molecule has 16 heavy (non-hydrogen) atoms. The summed E-state index contributed by atoms with van der Waals surface area (Å²) in [6, 6.07) is 0. The first-order chi connectivity index (χ1) is 7.58. The lowest BCUT2D eigenvalue weighted by Gasteiger charge is -2.13. The van der Waals surface area contributed by atoms with Crippen LogP contribution in [0.1, 0.15) is 26.2 Å². The molecular formula is C12H18O4. The van der Waals surface area contributed by atoms with E-state index in [4.69, 9.17) is 4.74 Å². The fourth-order valence-corrected chi connectivity index (χ4v) is 1.49. The maximum Gasteiger partial charge on any atom is 0.330 e. The maximum atomic E-state index is 11.2. The second-order valence-corrected chi connectivity index (χ2v) is 3.98. The largest absolute Gasteiger partial charge is 0.460 e. The Morgan fingerprint density at radius 3 is 2.75 bits per heavy atom. The van der Waals surface area contributed by atoms with Gasteiger partial charge in [0.2, 0.25) is 0 Å². The number of hydrogen-bond donors (Lipinski definition) is 2. The van der Waals surface area contributed by atoms with Crippen molar-refractivity contribution in [2.24, 2.45) is 0 Å². The standard InChI is InChI=1S/C12H18O4/c1-9-3-2-4-10(13)5-6-11(14)7-8-12(15)16-9/h5-11,13-14H,2-4H2,1H3/b6-5-,8-7+/t9-,10+,11-/m0/s1. The summed E-state index contributed by atoms with van der Waals surface area (Å²) in [6.45, 7) is 1.82. The lowest BCUT2D eigenvalue weighted by atomic mass is 10.1. The number of aliphatic hydroxyl groups is 2. The van der Waals surface area contributed by atoms with Gasteiger partial charge >= 0.3 is 5.97 Å². The fraction of sp³-hybridized carbons (Fsp3) is 0.583. The van der Waals surface area contributed by atoms with E-state index in [9.17, 15) is 15.0 Å². The zero-order chi connectivity index (χ0) is 12.0. The normalized spacial score (nSPS) is 36.7. The number of rotatable bonds is 0. The predicted octanol–water partition coefficient (Wildman–Crippen LogP) is 0.936. The van der Waals surface area contributed by atoms with E-state index >= 15 is 0 Å². The molecule has 0 fully saturated rings. The summed E-state index contributed by atoms with van der Waals surface area (Å²) in [5, 5.41) is 18.9. The first-order valence-corrected chi connectivity index (χ1v) is 5.51. The Kier molecular flexibility index (Phi) is 5.22. The van der Waals surface area contributed by atoms with Crippen molar-refractivity contribution in [1.82, 2.24) is 0 Å². The molecule has 0 aromatic carbocycles. The Morgan fingerprint density at radius 1 is 1.25 bits per heavy atom. The minimum absolute atomic E-state index is 0.162. The Labute approximate surface area is 95.2 Å². The number of cyclic esters (lactones) is 1. The third kappa shape index (κ3) is 5.09. The maximum absolute atomic E-state index is 11.2. The van der Waals surface area contributed by atoms with Crippen LogP contribution in [0, 0.1) is 0 Å². The van der Waals surface area contributed by atoms with Gasteiger partial charge in [0.15, 0.2) is 0 Å². The van der Waals surface area contributed by atoms with Crippen LogP contribution < -0.4 is 0 Å². The summed E-state index contributed by atoms with van der Waals surface area (Å²) >= 11 is 0. The van der Waals surface area contributed by atoms with E-state index in [1.54, 1.807) is 6.08 Å². The van der Waals surface area contributed by atoms with Crippen LogP contribution in [0.15, 0.2) is 24.3 Å². The van der Waals surface area contributed by atoms with Gasteiger partial charge in [-0.3, -0.25) is 0 Å². The minimum Gasteiger partial charge on any atom is -0.460 e. The summed E-state index contributed by atoms with van der Waals surface area (Å²) in [6.07, 6.45) is 6.08. The molecule has 0 aromatic heterocycles. The minimum atomic E-state index is -0.864. The predicted molar refractivity (Wildman–Crippen MR) is 59.7 cm³/mol. The van der Waals surface area contributed by atoms with Crippen molar-refractivity contribution in [1.29, 1.82) is 0 Å². The van der Waals surface area contributed by atoms with Gasteiger partial charge in [-0.2, -0.15) is 0 Å². The van der Waals surface area contributed by atoms with Crippen LogP contribution in [-0.2, 0) is 9.53 Å². The van der Waals surface area contributed by atoms with Crippen molar-refractivity contribution in [2.45, 2.75) is 44.5 Å². The first-order valence-electron chi connectivity index (χ1n) is 5.51. The summed E-state index contributed by atoms with van der Waals surface area (Å²) in [5.41, 5.74) is 0. The molecule has 4 nitrogen and oxygen atoms in total. The Bertz CT molecular complexity index is 283. The number of carbonyl (C=O) groups excluding carboxylic acids is 1. The SMILES string of the molecule is C[C@H]1CCC[C@@H](O)/C=C\[C@H](O)/C=C/C(=O)O1. The van der Waals surface area contributed by atoms with Crippen LogP contribution in [0.5, 0.6) is 0 Å². The van der Waals surface area contributed by atoms with Crippen molar-refractivity contribution in [2.75, 3.05) is 0 Å². The number of esters is 1. The third-order valence-corrected chi connectivity index (χ3v) is 2.39. The van der Waals surface area contributed by atoms with Gasteiger partial charge in [0.25, 0.3) is 0 Å². The highest BCUT2D eigenvalue weighted by Gasteiger charge is 2.09. The molecule has 90 valence electrons. The average molecular weight is 226 g/mol. The van der Waals surface area contributed by atoms with Crippen LogP contribution >= 0.6 is 0 Å². The quantitative estimate of drug-likeness (QED) is 0.476. The average Bonchev–Trinajstić information content (AvgIpc) is 2.22. The van der Waals surface area contributed by atoms with Gasteiger partial charge in [0.1, 0.15) is 0 Å². The zero-order valence-corrected chi connectivity index (χ0v) is 9.37. The van der Waals surface area contributed by atoms with E-state index < -0.39 is 18.2 Å². The van der Waals surface area contributed by atoms with Gasteiger partial charge in [-0.15, -0.1) is 0 Å². The Balaban J connectivity index is 2.65. The van der Waals surface area contributed by atoms with E-state index in [-0.39, 0.29) is 6.10 Å². The molecule has 1 aliphatic heterocycles. The fourth-order valence-electron chi connectivity index (χ4n) is 1.49. The van der Waals surface area contributed by atoms with Gasteiger partial charge < -0.3 is 14.9 Å². The van der Waals surface area contributed by atoms with Gasteiger partial charge in [0.05, 0.1) is 18.3 Å². The first kappa shape index (κ1) is 12.9. The molecule has 0 unspecified atom stereocenters. The van der Waals surface area contributed by atoms with Crippen LogP contribution in [0.3, 0.4) is 0 Å². The molecule has 0 spiro atoms. The van der Waals surface area contributed by atoms with Crippen molar-refractivity contribution in [3.05, 3.63) is 24.3 Å². The zero-order valence-electron chi connectivity index (χ0n) is 9.37. The van der Waals surface area contributed by atoms with Crippen molar-refractivity contribution < 1.29 is 19.7 Å². The molecule has 0 saturated heterocycles. The molecule has 1 heterocycles. The van der Waals surface area contributed by atoms with Crippen LogP contribution in [0.4, 0.5) is 0 Å². The topological polar surface area (TPSA) is 66.8 Å². The van der Waals surface area contributed by atoms with E-state index in [1.165, 1.54) is 18.2 Å². The number of ether oxygens (including phenoxy) is 1. The van der Waals surface area contributed by atoms with E-state index in [2.05, 4.69) is 0 Å². The molecule has 0 aromatic rings. The van der Waals surface area contributed by atoms with Crippen molar-refractivity contribution in [3.8, 4) is 0 Å². The molecule has 0 saturated carbocycles. The third-order valence-electron chi connectivity index (χ3n) is 2.39. The summed E-state index contributed by atoms with van der Waals surface area (Å²) < 4.78 is 5.06. The van der Waals surface area contributed by atoms with Gasteiger partial charge in [-0.25, -0.2) is 4.79 Å². The molecular weight excluding hydrogens is 208 g/mol. The molecule has 1 rings (SSSR count). The highest BCUT2D eigenvalue weighted by molar-refractivity contribution is 5.82. The smallest absolute Gasteiger partial charge is 0.330 e. The summed E-state index contributed by atoms with van der Waals surface area (Å²) in [5.74, 6) is -0.443. The van der Waals surface area contributed by atoms with E-state index in [1.807, 2.05) is 6.92 Å². The number of hydrogen-bond acceptors (Lipinski definition) is 4.